The summed E-state index contributed by atoms with van der Waals surface area (Å²) in [6, 6.07) is 7.50. The maximum Gasteiger partial charge on any atom is 0.263 e. The zero-order valence-corrected chi connectivity index (χ0v) is 15.4. The van der Waals surface area contributed by atoms with Crippen molar-refractivity contribution in [2.75, 3.05) is 11.9 Å². The molecule has 2 aliphatic rings. The number of anilines is 1. The Kier molecular flexibility index (Phi) is 4.74. The molecule has 1 aliphatic carbocycles. The van der Waals surface area contributed by atoms with Crippen LogP contribution in [0, 0.1) is 6.92 Å². The first-order chi connectivity index (χ1) is 13.0. The number of para-hydroxylation sites is 1. The average Bonchev–Trinajstić information content (AvgIpc) is 3.13. The third kappa shape index (κ3) is 3.37. The van der Waals surface area contributed by atoms with Gasteiger partial charge in [-0.15, -0.1) is 0 Å². The lowest BCUT2D eigenvalue weighted by Crippen LogP contribution is -2.34. The van der Waals surface area contributed by atoms with Crippen LogP contribution in [0.1, 0.15) is 53.2 Å². The Morgan fingerprint density at radius 2 is 2.00 bits per heavy atom. The topological polar surface area (TPSA) is 80.6 Å². The number of benzene rings is 1. The lowest BCUT2D eigenvalue weighted by molar-refractivity contribution is 0.101. The maximum atomic E-state index is 13.0. The van der Waals surface area contributed by atoms with E-state index in [-0.39, 0.29) is 23.3 Å². The molecule has 0 atom stereocenters. The van der Waals surface area contributed by atoms with E-state index in [9.17, 15) is 14.7 Å². The summed E-state index contributed by atoms with van der Waals surface area (Å²) in [4.78, 5) is 26.0. The van der Waals surface area contributed by atoms with Crippen LogP contribution < -0.4 is 15.6 Å². The second-order valence-corrected chi connectivity index (χ2v) is 7.39. The highest BCUT2D eigenvalue weighted by Crippen LogP contribution is 2.34. The highest BCUT2D eigenvalue weighted by atomic mass is 16.5. The van der Waals surface area contributed by atoms with Gasteiger partial charge in [0.25, 0.3) is 11.5 Å². The first kappa shape index (κ1) is 17.8. The summed E-state index contributed by atoms with van der Waals surface area (Å²) in [6.45, 7) is 2.38. The van der Waals surface area contributed by atoms with Gasteiger partial charge < -0.3 is 19.7 Å². The van der Waals surface area contributed by atoms with E-state index in [1.807, 2.05) is 18.2 Å². The first-order valence-electron chi connectivity index (χ1n) is 9.50. The number of carbonyl (C=O) groups is 1. The molecule has 1 amide bonds. The average molecular weight is 368 g/mol. The number of nitrogens with zero attached hydrogens (tertiary/aromatic N) is 1. The summed E-state index contributed by atoms with van der Waals surface area (Å²) in [6.07, 6.45) is 5.14. The Hall–Kier alpha value is -2.60. The number of nitrogens with one attached hydrogen (secondary N) is 1. The van der Waals surface area contributed by atoms with E-state index in [4.69, 9.17) is 4.74 Å². The number of aromatic nitrogens is 1. The minimum absolute atomic E-state index is 0.0253. The van der Waals surface area contributed by atoms with Crippen LogP contribution in [0.25, 0.3) is 0 Å². The molecule has 1 aromatic heterocycles. The number of hydrogen-bond acceptors (Lipinski definition) is 4. The SMILES string of the molecule is Cc1ccn(C2CCC(O)CC2)c(=O)c1C(=O)Nc1cccc2c1OCC2. The lowest BCUT2D eigenvalue weighted by atomic mass is 9.92. The standard InChI is InChI=1S/C21H24N2O4/c1-13-9-11-23(15-5-7-16(24)8-6-15)21(26)18(13)20(25)22-17-4-2-3-14-10-12-27-19(14)17/h2-4,9,11,15-16,24H,5-8,10,12H2,1H3,(H,22,25). The molecule has 0 spiro atoms. The number of aliphatic hydroxyl groups excluding tert-OH is 1. The zero-order chi connectivity index (χ0) is 19.0. The Morgan fingerprint density at radius 3 is 2.78 bits per heavy atom. The van der Waals surface area contributed by atoms with Gasteiger partial charge in [0.15, 0.2) is 0 Å². The van der Waals surface area contributed by atoms with Gasteiger partial charge in [-0.2, -0.15) is 0 Å². The molecule has 1 fully saturated rings. The largest absolute Gasteiger partial charge is 0.491 e. The molecule has 142 valence electrons. The summed E-state index contributed by atoms with van der Waals surface area (Å²) in [5.74, 6) is 0.285. The minimum atomic E-state index is -0.411. The van der Waals surface area contributed by atoms with Crippen molar-refractivity contribution >= 4 is 11.6 Å². The van der Waals surface area contributed by atoms with Crippen molar-refractivity contribution in [1.82, 2.24) is 4.57 Å². The number of pyridine rings is 1. The van der Waals surface area contributed by atoms with E-state index in [0.717, 1.165) is 24.8 Å². The molecular formula is C21H24N2O4. The van der Waals surface area contributed by atoms with Gasteiger partial charge in [0.2, 0.25) is 0 Å². The highest BCUT2D eigenvalue weighted by Gasteiger charge is 2.25. The number of hydrogen-bond donors (Lipinski definition) is 2. The van der Waals surface area contributed by atoms with Crippen LogP contribution in [0.4, 0.5) is 5.69 Å². The summed E-state index contributed by atoms with van der Waals surface area (Å²) in [5.41, 5.74) is 2.21. The van der Waals surface area contributed by atoms with Crippen LogP contribution in [-0.4, -0.2) is 28.3 Å². The van der Waals surface area contributed by atoms with Crippen LogP contribution in [0.5, 0.6) is 5.75 Å². The molecule has 27 heavy (non-hydrogen) atoms. The van der Waals surface area contributed by atoms with Crippen LogP contribution in [0.15, 0.2) is 35.3 Å². The summed E-state index contributed by atoms with van der Waals surface area (Å²) < 4.78 is 7.29. The molecular weight excluding hydrogens is 344 g/mol. The van der Waals surface area contributed by atoms with Gasteiger partial charge in [-0.1, -0.05) is 12.1 Å². The number of aryl methyl sites for hydroxylation is 1. The maximum absolute atomic E-state index is 13.0. The normalized spacial score (nSPS) is 21.4. The fourth-order valence-electron chi connectivity index (χ4n) is 4.04. The van der Waals surface area contributed by atoms with Crippen LogP contribution >= 0.6 is 0 Å². The van der Waals surface area contributed by atoms with Crippen LogP contribution in [-0.2, 0) is 6.42 Å². The molecule has 2 aromatic rings. The van der Waals surface area contributed by atoms with Crippen molar-refractivity contribution < 1.29 is 14.6 Å². The second-order valence-electron chi connectivity index (χ2n) is 7.39. The predicted octanol–water partition coefficient (Wildman–Crippen LogP) is 2.82. The Balaban J connectivity index is 1.63. The van der Waals surface area contributed by atoms with Gasteiger partial charge in [0.1, 0.15) is 11.3 Å². The van der Waals surface area contributed by atoms with Gasteiger partial charge in [0.05, 0.1) is 18.4 Å². The summed E-state index contributed by atoms with van der Waals surface area (Å²) >= 11 is 0. The fourth-order valence-corrected chi connectivity index (χ4v) is 4.04. The van der Waals surface area contributed by atoms with Crippen molar-refractivity contribution in [3.63, 3.8) is 0 Å². The first-order valence-corrected chi connectivity index (χ1v) is 9.50. The van der Waals surface area contributed by atoms with Crippen molar-refractivity contribution in [1.29, 1.82) is 0 Å². The van der Waals surface area contributed by atoms with Gasteiger partial charge in [0, 0.05) is 18.7 Å². The predicted molar refractivity (Wildman–Crippen MR) is 103 cm³/mol. The van der Waals surface area contributed by atoms with Gasteiger partial charge in [-0.3, -0.25) is 9.59 Å². The van der Waals surface area contributed by atoms with E-state index >= 15 is 0 Å². The zero-order valence-electron chi connectivity index (χ0n) is 15.4. The van der Waals surface area contributed by atoms with Crippen LogP contribution in [0.3, 0.4) is 0 Å². The van der Waals surface area contributed by atoms with Crippen molar-refractivity contribution in [2.24, 2.45) is 0 Å². The number of aliphatic hydroxyl groups is 1. The monoisotopic (exact) mass is 368 g/mol. The molecule has 0 unspecified atom stereocenters. The lowest BCUT2D eigenvalue weighted by Gasteiger charge is -2.27. The van der Waals surface area contributed by atoms with Crippen LogP contribution in [0.2, 0.25) is 0 Å². The number of amides is 1. The molecule has 1 aliphatic heterocycles. The van der Waals surface area contributed by atoms with Crippen molar-refractivity contribution in [3.8, 4) is 5.75 Å². The van der Waals surface area contributed by atoms with Crippen molar-refractivity contribution in [3.05, 3.63) is 57.5 Å². The molecule has 1 saturated carbocycles. The summed E-state index contributed by atoms with van der Waals surface area (Å²) in [5, 5.41) is 12.6. The Morgan fingerprint density at radius 1 is 1.22 bits per heavy atom. The summed E-state index contributed by atoms with van der Waals surface area (Å²) in [7, 11) is 0. The van der Waals surface area contributed by atoms with E-state index in [2.05, 4.69) is 5.32 Å². The Labute approximate surface area is 157 Å². The number of ether oxygens (including phenoxy) is 1. The third-order valence-corrected chi connectivity index (χ3v) is 5.58. The molecule has 2 heterocycles. The third-order valence-electron chi connectivity index (χ3n) is 5.58. The van der Waals surface area contributed by atoms with Gasteiger partial charge >= 0.3 is 0 Å². The minimum Gasteiger partial charge on any atom is -0.491 e. The molecule has 0 radical (unpaired) electrons. The van der Waals surface area contributed by atoms with Crippen molar-refractivity contribution in [2.45, 2.75) is 51.2 Å². The molecule has 6 nitrogen and oxygen atoms in total. The van der Waals surface area contributed by atoms with E-state index in [1.54, 1.807) is 23.8 Å². The number of rotatable bonds is 3. The quantitative estimate of drug-likeness (QED) is 0.873. The molecule has 0 saturated heterocycles. The molecule has 1 aromatic carbocycles. The number of carbonyl (C=O) groups excluding carboxylic acids is 1. The Bertz CT molecular complexity index is 926. The van der Waals surface area contributed by atoms with Gasteiger partial charge in [-0.25, -0.2) is 0 Å². The molecule has 6 heteroatoms. The second kappa shape index (κ2) is 7.19. The van der Waals surface area contributed by atoms with Gasteiger partial charge in [-0.05, 0) is 55.9 Å². The van der Waals surface area contributed by atoms with E-state index in [0.29, 0.717) is 36.4 Å². The smallest absolute Gasteiger partial charge is 0.263 e. The highest BCUT2D eigenvalue weighted by molar-refractivity contribution is 6.05. The van der Waals surface area contributed by atoms with E-state index in [1.165, 1.54) is 0 Å². The fraction of sp³-hybridized carbons (Fsp3) is 0.429. The van der Waals surface area contributed by atoms with E-state index < -0.39 is 5.91 Å². The molecule has 4 rings (SSSR count). The molecule has 0 bridgehead atoms. The molecule has 2 N–H and O–H groups in total. The number of fused-ring (bicyclic) bond motifs is 1.